The standard InChI is InChI=1S/C9H19N.C9H16.C8H12N2.C8H13N.C8H17N.C8H13N.3C7H12N2.2C7H11NO.3C6H11N3/c1-9(2,3)10-7-5-4-6-8-10;1-9(2,3)8-6-4-5-7-8;1-8(2,3)7-9-5-4-6-10-7;1-8(2,3)7-4-5-9-6-7;1-8(2,3)9-6-4-5-7-9;1-8(2,3)7-5-4-6-9-7;2*1-7(2,3)6-8-4-5-9-6;1-7(2,3)9-6-4-5-8-9;2*1-7(2,3)6-8-4-5-9-6;1-6(2,3)5-7-4-8-9-5;1-6(2,3)9-5-4-7-8-9;1-6(2,3)9-7-4-5-8-9/h4-8H2,1-3H3;6H,4-5,7H2,1-3H3;4-6H,1-3H3;4,6H,5H2,1-3H3;4-7H2,1-3H3;5-6H,4H2,1-3H3;4H,5H2,1-3H3;4-5H,1-3H3,(H,8,9);4-6H,1-3H3;2*4-5H,1-3H3;4H2,1-3H3;2*4-5H,1-3H3. The zero-order chi connectivity index (χ0) is 98.1. The second-order valence-electron chi connectivity index (χ2n) is 46.9. The van der Waals surface area contributed by atoms with Crippen LogP contribution in [0.2, 0.25) is 0 Å². The van der Waals surface area contributed by atoms with Crippen molar-refractivity contribution in [1.29, 1.82) is 0 Å². The number of aromatic nitrogens is 14. The van der Waals surface area contributed by atoms with E-state index in [4.69, 9.17) is 8.83 Å². The minimum Gasteiger partial charge on any atom is -0.448 e. The molecule has 14 rings (SSSR count). The van der Waals surface area contributed by atoms with Crippen LogP contribution in [0.25, 0.3) is 0 Å². The van der Waals surface area contributed by atoms with Gasteiger partial charge in [-0.2, -0.15) is 25.2 Å². The number of azo groups is 1. The highest BCUT2D eigenvalue weighted by atomic mass is 16.3. The van der Waals surface area contributed by atoms with Crippen molar-refractivity contribution in [1.82, 2.24) is 79.5 Å². The maximum Gasteiger partial charge on any atom is 0.199 e. The largest absolute Gasteiger partial charge is 0.448 e. The minimum atomic E-state index is 0.0174. The molecule has 0 atom stereocenters. The van der Waals surface area contributed by atoms with Gasteiger partial charge in [-0.3, -0.25) is 29.5 Å². The van der Waals surface area contributed by atoms with Gasteiger partial charge in [0.1, 0.15) is 30.0 Å². The number of nitrogens with zero attached hydrogens (tertiary/aromatic N) is 22. The lowest BCUT2D eigenvalue weighted by atomic mass is 9.86. The quantitative estimate of drug-likeness (QED) is 0.138. The van der Waals surface area contributed by atoms with Crippen molar-refractivity contribution in [2.45, 2.75) is 398 Å². The SMILES string of the molecule is CC(C)(C)C1=CCC=N1.CC(C)(C)C1=CCCC1.CC(C)(C)C1=CCN=C1.CC(C)(C)C1=NCC=N1.CC(C)(C)C1=NCN=N1.CC(C)(C)N1CCCC1.CC(C)(C)N1CCCCC1.CC(C)(C)c1ncc[nH]1.CC(C)(C)c1ncccn1.CC(C)(C)c1ncco1.CC(C)(C)c1ncco1.CC(C)(C)n1cccn1.CC(C)(C)n1ccnn1.CC(C)(C)n1nccn1. The minimum absolute atomic E-state index is 0.0174. The Morgan fingerprint density at radius 3 is 1.10 bits per heavy atom. The molecule has 0 aromatic carbocycles. The molecule has 0 amide bonds. The summed E-state index contributed by atoms with van der Waals surface area (Å²) >= 11 is 0. The summed E-state index contributed by atoms with van der Waals surface area (Å²) in [6, 6.07) is 3.76. The van der Waals surface area contributed by atoms with Gasteiger partial charge in [0, 0.05) is 123 Å². The number of H-pyrrole nitrogens is 1. The Morgan fingerprint density at radius 2 is 0.891 bits per heavy atom. The molecule has 25 heteroatoms. The number of aliphatic imine (C=N–C) groups is 5. The highest BCUT2D eigenvalue weighted by molar-refractivity contribution is 5.97. The topological polar surface area (TPSA) is 279 Å². The number of hydrogen-bond acceptors (Lipinski definition) is 21. The fourth-order valence-electron chi connectivity index (χ4n) is 11.7. The molecule has 2 saturated heterocycles. The van der Waals surface area contributed by atoms with Crippen molar-refractivity contribution in [3.63, 3.8) is 0 Å². The Bertz CT molecular complexity index is 3800. The predicted molar refractivity (Wildman–Crippen MR) is 541 cm³/mol. The van der Waals surface area contributed by atoms with Crippen LogP contribution in [0.3, 0.4) is 0 Å². The number of hydrogen-bond donors (Lipinski definition) is 1. The Balaban J connectivity index is 0.000000689. The van der Waals surface area contributed by atoms with Gasteiger partial charge in [-0.15, -0.1) is 10.2 Å². The molecule has 0 saturated carbocycles. The van der Waals surface area contributed by atoms with E-state index < -0.39 is 0 Å². The molecule has 6 aliphatic heterocycles. The van der Waals surface area contributed by atoms with Crippen molar-refractivity contribution in [3.8, 4) is 0 Å². The van der Waals surface area contributed by atoms with Crippen LogP contribution in [0.1, 0.15) is 372 Å². The van der Waals surface area contributed by atoms with Crippen molar-refractivity contribution < 1.29 is 8.83 Å². The van der Waals surface area contributed by atoms with E-state index in [1.165, 1.54) is 88.8 Å². The molecule has 2 fully saturated rings. The predicted octanol–water partition coefficient (Wildman–Crippen LogP) is 26.2. The number of aromatic amines is 1. The molecule has 7 aromatic heterocycles. The van der Waals surface area contributed by atoms with Gasteiger partial charge >= 0.3 is 0 Å². The van der Waals surface area contributed by atoms with E-state index >= 15 is 0 Å². The molecule has 7 aliphatic rings. The maximum absolute atomic E-state index is 5.09. The van der Waals surface area contributed by atoms with Gasteiger partial charge in [0.2, 0.25) is 0 Å². The van der Waals surface area contributed by atoms with Crippen molar-refractivity contribution >= 4 is 30.3 Å². The van der Waals surface area contributed by atoms with Crippen LogP contribution in [0.15, 0.2) is 178 Å². The molecule has 1 N–H and O–H groups in total. The van der Waals surface area contributed by atoms with Gasteiger partial charge in [-0.1, -0.05) is 222 Å². The molecule has 25 nitrogen and oxygen atoms in total. The second-order valence-corrected chi connectivity index (χ2v) is 46.9. The summed E-state index contributed by atoms with van der Waals surface area (Å²) in [6.07, 6.45) is 49.0. The Kier molecular flexibility index (Phi) is 48.5. The third kappa shape index (κ3) is 51.6. The summed E-state index contributed by atoms with van der Waals surface area (Å²) in [6.45, 7) is 97.8. The van der Waals surface area contributed by atoms with Gasteiger partial charge < -0.3 is 13.8 Å². The van der Waals surface area contributed by atoms with Crippen molar-refractivity contribution in [2.24, 2.45) is 62.3 Å². The fraction of sp³-hybridized carbons (Fsp3) is 0.699. The molecule has 1 aliphatic carbocycles. The Hall–Kier alpha value is -8.71. The van der Waals surface area contributed by atoms with Crippen molar-refractivity contribution in [2.75, 3.05) is 45.9 Å². The summed E-state index contributed by atoms with van der Waals surface area (Å²) in [5.41, 5.74) is 6.77. The Morgan fingerprint density at radius 1 is 0.375 bits per heavy atom. The molecule has 13 heterocycles. The van der Waals surface area contributed by atoms with Crippen LogP contribution < -0.4 is 0 Å². The van der Waals surface area contributed by atoms with Gasteiger partial charge in [-0.05, 0) is 204 Å². The number of likely N-dealkylation sites (tertiary alicyclic amines) is 2. The van der Waals surface area contributed by atoms with E-state index in [0.29, 0.717) is 28.6 Å². The third-order valence-corrected chi connectivity index (χ3v) is 19.5. The number of allylic oxidation sites excluding steroid dienone is 5. The average Bonchev–Trinajstić information content (AvgIpc) is 1.88. The second kappa shape index (κ2) is 53.0. The summed E-state index contributed by atoms with van der Waals surface area (Å²) in [5.74, 6) is 5.37. The maximum atomic E-state index is 5.09. The normalized spacial score (nSPS) is 15.9. The number of rotatable bonds is 0. The van der Waals surface area contributed by atoms with Crippen LogP contribution in [-0.4, -0.2) is 167 Å². The van der Waals surface area contributed by atoms with Crippen LogP contribution in [0, 0.1) is 27.1 Å². The van der Waals surface area contributed by atoms with Gasteiger partial charge in [0.15, 0.2) is 24.3 Å². The van der Waals surface area contributed by atoms with Crippen LogP contribution in [0.5, 0.6) is 0 Å². The smallest absolute Gasteiger partial charge is 0.199 e. The van der Waals surface area contributed by atoms with E-state index in [-0.39, 0.29) is 54.5 Å². The number of nitrogens with one attached hydrogen (secondary N) is 1. The summed E-state index contributed by atoms with van der Waals surface area (Å²) in [5, 5.41) is 27.3. The summed E-state index contributed by atoms with van der Waals surface area (Å²) in [4.78, 5) is 51.1. The van der Waals surface area contributed by atoms with Gasteiger partial charge in [0.25, 0.3) is 0 Å². The number of piperidine rings is 1. The van der Waals surface area contributed by atoms with E-state index in [1.54, 1.807) is 78.7 Å². The molecular formula is C103H181N23O2. The highest BCUT2D eigenvalue weighted by Crippen LogP contribution is 2.34. The first kappa shape index (κ1) is 117. The molecule has 720 valence electrons. The molecule has 0 spiro atoms. The average molecular weight is 1770 g/mol. The Labute approximate surface area is 778 Å². The molecule has 0 unspecified atom stereocenters. The lowest BCUT2D eigenvalue weighted by molar-refractivity contribution is 0.111. The zero-order valence-corrected chi connectivity index (χ0v) is 88.7. The summed E-state index contributed by atoms with van der Waals surface area (Å²) in [7, 11) is 0. The lowest BCUT2D eigenvalue weighted by Gasteiger charge is -2.38. The van der Waals surface area contributed by atoms with Crippen molar-refractivity contribution in [3.05, 3.63) is 158 Å². The number of imidazole rings is 1. The van der Waals surface area contributed by atoms with E-state index in [1.807, 2.05) is 58.7 Å². The lowest BCUT2D eigenvalue weighted by Crippen LogP contribution is -2.44. The first-order chi connectivity index (χ1) is 58.5. The van der Waals surface area contributed by atoms with Crippen LogP contribution >= 0.6 is 0 Å². The molecule has 7 aromatic rings. The number of amidine groups is 2. The van der Waals surface area contributed by atoms with E-state index in [0.717, 1.165) is 54.6 Å². The first-order valence-electron chi connectivity index (χ1n) is 46.4. The van der Waals surface area contributed by atoms with Crippen LogP contribution in [0.4, 0.5) is 0 Å². The monoisotopic (exact) mass is 1770 g/mol. The van der Waals surface area contributed by atoms with Gasteiger partial charge in [0.05, 0.1) is 60.7 Å². The molecule has 128 heavy (non-hydrogen) atoms. The van der Waals surface area contributed by atoms with Crippen LogP contribution in [-0.2, 0) is 38.3 Å². The highest BCUT2D eigenvalue weighted by Gasteiger charge is 2.28. The zero-order valence-electron chi connectivity index (χ0n) is 88.7. The third-order valence-electron chi connectivity index (χ3n) is 19.5. The van der Waals surface area contributed by atoms with E-state index in [2.05, 4.69) is 410 Å². The first-order valence-corrected chi connectivity index (χ1v) is 46.4. The molecule has 0 radical (unpaired) electrons. The fourth-order valence-corrected chi connectivity index (χ4v) is 11.7. The molecule has 0 bridgehead atoms. The van der Waals surface area contributed by atoms with E-state index in [9.17, 15) is 0 Å². The summed E-state index contributed by atoms with van der Waals surface area (Å²) < 4.78 is 13.9. The van der Waals surface area contributed by atoms with Gasteiger partial charge in [-0.25, -0.2) is 39.6 Å². The molecular weight excluding hydrogens is 1590 g/mol. The number of oxazole rings is 2.